The quantitative estimate of drug-likeness (QED) is 0.552. The molecule has 0 aromatic carbocycles. The standard InChI is InChI=1S/C7H10N4O4/c1-9(4-6(12)13)7-5(11(14)15)3-10(2)8-7/h3H,4H2,1-2H3,(H,12,13). The highest BCUT2D eigenvalue weighted by atomic mass is 16.6. The van der Waals surface area contributed by atoms with Gasteiger partial charge in [-0.3, -0.25) is 19.6 Å². The van der Waals surface area contributed by atoms with Gasteiger partial charge in [0.1, 0.15) is 12.7 Å². The summed E-state index contributed by atoms with van der Waals surface area (Å²) in [6.07, 6.45) is 1.23. The Hall–Kier alpha value is -2.12. The van der Waals surface area contributed by atoms with Crippen LogP contribution in [0, 0.1) is 10.1 Å². The van der Waals surface area contributed by atoms with Gasteiger partial charge in [0.05, 0.1) is 4.92 Å². The fourth-order valence-corrected chi connectivity index (χ4v) is 1.14. The van der Waals surface area contributed by atoms with E-state index in [2.05, 4.69) is 5.10 Å². The van der Waals surface area contributed by atoms with Gasteiger partial charge in [0.15, 0.2) is 0 Å². The number of hydrogen-bond donors (Lipinski definition) is 1. The molecule has 1 aromatic heterocycles. The molecule has 0 aliphatic carbocycles. The van der Waals surface area contributed by atoms with Crippen LogP contribution in [0.4, 0.5) is 11.5 Å². The van der Waals surface area contributed by atoms with Gasteiger partial charge in [-0.15, -0.1) is 5.10 Å². The largest absolute Gasteiger partial charge is 0.480 e. The summed E-state index contributed by atoms with van der Waals surface area (Å²) in [5, 5.41) is 23.0. The van der Waals surface area contributed by atoms with E-state index in [0.29, 0.717) is 0 Å². The van der Waals surface area contributed by atoms with E-state index in [1.54, 1.807) is 0 Å². The summed E-state index contributed by atoms with van der Waals surface area (Å²) in [4.78, 5) is 21.6. The number of carboxylic acid groups (broad SMARTS) is 1. The van der Waals surface area contributed by atoms with E-state index < -0.39 is 10.9 Å². The summed E-state index contributed by atoms with van der Waals surface area (Å²) in [6, 6.07) is 0. The number of carbonyl (C=O) groups is 1. The summed E-state index contributed by atoms with van der Waals surface area (Å²) in [5.74, 6) is -1.03. The molecule has 0 aliphatic heterocycles. The van der Waals surface area contributed by atoms with Crippen molar-refractivity contribution in [3.8, 4) is 0 Å². The molecular weight excluding hydrogens is 204 g/mol. The first-order valence-corrected chi connectivity index (χ1v) is 4.02. The predicted molar refractivity (Wildman–Crippen MR) is 50.8 cm³/mol. The van der Waals surface area contributed by atoms with Crippen LogP contribution in [0.25, 0.3) is 0 Å². The Bertz CT molecular complexity index is 400. The van der Waals surface area contributed by atoms with Crippen molar-refractivity contribution in [2.24, 2.45) is 7.05 Å². The molecule has 0 atom stereocenters. The van der Waals surface area contributed by atoms with Crippen LogP contribution >= 0.6 is 0 Å². The number of carboxylic acids is 1. The normalized spacial score (nSPS) is 10.0. The molecule has 0 saturated carbocycles. The van der Waals surface area contributed by atoms with Crippen molar-refractivity contribution in [2.75, 3.05) is 18.5 Å². The SMILES string of the molecule is CN(CC(=O)O)c1nn(C)cc1[N+](=O)[O-]. The number of rotatable bonds is 4. The molecule has 8 heteroatoms. The lowest BCUT2D eigenvalue weighted by atomic mass is 10.4. The van der Waals surface area contributed by atoms with Gasteiger partial charge in [0.2, 0.25) is 5.82 Å². The van der Waals surface area contributed by atoms with Crippen molar-refractivity contribution in [2.45, 2.75) is 0 Å². The first-order chi connectivity index (χ1) is 6.91. The average molecular weight is 214 g/mol. The minimum atomic E-state index is -1.07. The van der Waals surface area contributed by atoms with Crippen LogP contribution in [0.2, 0.25) is 0 Å². The lowest BCUT2D eigenvalue weighted by Crippen LogP contribution is -2.26. The number of aryl methyl sites for hydroxylation is 1. The third-order valence-corrected chi connectivity index (χ3v) is 1.72. The predicted octanol–water partition coefficient (Wildman–Crippen LogP) is -0.151. The molecule has 1 aromatic rings. The molecule has 1 heterocycles. The zero-order valence-electron chi connectivity index (χ0n) is 8.25. The van der Waals surface area contributed by atoms with E-state index in [-0.39, 0.29) is 18.1 Å². The summed E-state index contributed by atoms with van der Waals surface area (Å²) in [6.45, 7) is -0.335. The highest BCUT2D eigenvalue weighted by Gasteiger charge is 2.22. The third kappa shape index (κ3) is 2.42. The molecule has 0 spiro atoms. The summed E-state index contributed by atoms with van der Waals surface area (Å²) < 4.78 is 1.27. The van der Waals surface area contributed by atoms with Crippen molar-refractivity contribution >= 4 is 17.5 Å². The number of likely N-dealkylation sites (N-methyl/N-ethyl adjacent to an activating group) is 1. The van der Waals surface area contributed by atoms with Gasteiger partial charge in [-0.05, 0) is 0 Å². The van der Waals surface area contributed by atoms with Gasteiger partial charge in [0, 0.05) is 14.1 Å². The van der Waals surface area contributed by atoms with Crippen molar-refractivity contribution in [3.05, 3.63) is 16.3 Å². The van der Waals surface area contributed by atoms with Crippen molar-refractivity contribution in [3.63, 3.8) is 0 Å². The van der Waals surface area contributed by atoms with Crippen LogP contribution in [0.15, 0.2) is 6.20 Å². The molecule has 8 nitrogen and oxygen atoms in total. The lowest BCUT2D eigenvalue weighted by Gasteiger charge is -2.11. The summed E-state index contributed by atoms with van der Waals surface area (Å²) in [5.41, 5.74) is -0.207. The molecule has 0 saturated heterocycles. The monoisotopic (exact) mass is 214 g/mol. The molecule has 82 valence electrons. The van der Waals surface area contributed by atoms with Gasteiger partial charge >= 0.3 is 11.7 Å². The van der Waals surface area contributed by atoms with E-state index in [1.807, 2.05) is 0 Å². The van der Waals surface area contributed by atoms with Crippen LogP contribution in [-0.4, -0.2) is 39.4 Å². The number of nitrogens with zero attached hydrogens (tertiary/aromatic N) is 4. The first kappa shape index (κ1) is 11.0. The van der Waals surface area contributed by atoms with Crippen molar-refractivity contribution in [1.29, 1.82) is 0 Å². The zero-order chi connectivity index (χ0) is 11.6. The molecule has 1 rings (SSSR count). The Morgan fingerprint density at radius 3 is 2.87 bits per heavy atom. The minimum Gasteiger partial charge on any atom is -0.480 e. The molecule has 0 aliphatic rings. The number of anilines is 1. The maximum Gasteiger partial charge on any atom is 0.330 e. The second-order valence-electron chi connectivity index (χ2n) is 3.02. The summed E-state index contributed by atoms with van der Waals surface area (Å²) in [7, 11) is 2.97. The van der Waals surface area contributed by atoms with Gasteiger partial charge in [-0.2, -0.15) is 0 Å². The second kappa shape index (κ2) is 3.95. The molecule has 0 radical (unpaired) electrons. The van der Waals surface area contributed by atoms with Crippen LogP contribution in [0.3, 0.4) is 0 Å². The van der Waals surface area contributed by atoms with Crippen LogP contribution in [0.1, 0.15) is 0 Å². The molecule has 15 heavy (non-hydrogen) atoms. The second-order valence-corrected chi connectivity index (χ2v) is 3.02. The maximum atomic E-state index is 10.6. The first-order valence-electron chi connectivity index (χ1n) is 4.02. The van der Waals surface area contributed by atoms with Crippen LogP contribution in [0.5, 0.6) is 0 Å². The maximum absolute atomic E-state index is 10.6. The van der Waals surface area contributed by atoms with Gasteiger partial charge in [0.25, 0.3) is 0 Å². The molecule has 0 amide bonds. The van der Waals surface area contributed by atoms with Crippen molar-refractivity contribution in [1.82, 2.24) is 9.78 Å². The highest BCUT2D eigenvalue weighted by molar-refractivity contribution is 5.74. The molecule has 0 unspecified atom stereocenters. The van der Waals surface area contributed by atoms with E-state index in [9.17, 15) is 14.9 Å². The number of aromatic nitrogens is 2. The molecule has 0 fully saturated rings. The minimum absolute atomic E-state index is 0.0462. The Balaban J connectivity index is 3.01. The smallest absolute Gasteiger partial charge is 0.330 e. The zero-order valence-corrected chi connectivity index (χ0v) is 8.25. The Labute approximate surface area is 84.9 Å². The van der Waals surface area contributed by atoms with Gasteiger partial charge in [-0.25, -0.2) is 0 Å². The molecule has 0 bridgehead atoms. The summed E-state index contributed by atoms with van der Waals surface area (Å²) >= 11 is 0. The third-order valence-electron chi connectivity index (χ3n) is 1.72. The molecular formula is C7H10N4O4. The average Bonchev–Trinajstić information content (AvgIpc) is 2.46. The lowest BCUT2D eigenvalue weighted by molar-refractivity contribution is -0.384. The molecule has 1 N–H and O–H groups in total. The van der Waals surface area contributed by atoms with Crippen LogP contribution < -0.4 is 4.90 Å². The Morgan fingerprint density at radius 1 is 1.80 bits per heavy atom. The highest BCUT2D eigenvalue weighted by Crippen LogP contribution is 2.24. The fourth-order valence-electron chi connectivity index (χ4n) is 1.14. The Morgan fingerprint density at radius 2 is 2.40 bits per heavy atom. The van der Waals surface area contributed by atoms with Crippen molar-refractivity contribution < 1.29 is 14.8 Å². The van der Waals surface area contributed by atoms with Gasteiger partial charge in [-0.1, -0.05) is 0 Å². The Kier molecular flexibility index (Phi) is 2.88. The van der Waals surface area contributed by atoms with E-state index in [4.69, 9.17) is 5.11 Å². The van der Waals surface area contributed by atoms with E-state index in [1.165, 1.54) is 29.9 Å². The number of hydrogen-bond acceptors (Lipinski definition) is 5. The van der Waals surface area contributed by atoms with E-state index >= 15 is 0 Å². The fraction of sp³-hybridized carbons (Fsp3) is 0.429. The topological polar surface area (TPSA) is 102 Å². The number of aliphatic carboxylic acids is 1. The van der Waals surface area contributed by atoms with E-state index in [0.717, 1.165) is 0 Å². The van der Waals surface area contributed by atoms with Crippen LogP contribution in [-0.2, 0) is 11.8 Å². The van der Waals surface area contributed by atoms with Gasteiger partial charge < -0.3 is 10.0 Å². The number of nitro groups is 1.